The second-order valence-corrected chi connectivity index (χ2v) is 5.32. The topological polar surface area (TPSA) is 194 Å². The van der Waals surface area contributed by atoms with Crippen molar-refractivity contribution in [1.82, 2.24) is 16.0 Å². The molecular formula is C13H23N5O6. The van der Waals surface area contributed by atoms with Gasteiger partial charge in [0.05, 0.1) is 12.5 Å². The summed E-state index contributed by atoms with van der Waals surface area (Å²) in [5.74, 6) is -4.31. The Balaban J connectivity index is 4.85. The lowest BCUT2D eigenvalue weighted by Gasteiger charge is -2.21. The molecule has 4 atom stereocenters. The number of aliphatic carboxylic acids is 1. The highest BCUT2D eigenvalue weighted by molar-refractivity contribution is 5.95. The van der Waals surface area contributed by atoms with Gasteiger partial charge in [0.25, 0.3) is 0 Å². The first-order chi connectivity index (χ1) is 11.0. The number of carboxylic acids is 1. The van der Waals surface area contributed by atoms with E-state index in [1.807, 2.05) is 0 Å². The maximum Gasteiger partial charge on any atom is 0.325 e. The van der Waals surface area contributed by atoms with Crippen LogP contribution in [0, 0.1) is 0 Å². The number of amides is 4. The van der Waals surface area contributed by atoms with Gasteiger partial charge in [-0.05, 0) is 20.8 Å². The molecule has 0 fully saturated rings. The summed E-state index contributed by atoms with van der Waals surface area (Å²) in [6.45, 7) is 3.96. The molecule has 8 N–H and O–H groups in total. The van der Waals surface area contributed by atoms with E-state index in [9.17, 15) is 24.0 Å². The van der Waals surface area contributed by atoms with Crippen molar-refractivity contribution in [2.24, 2.45) is 11.5 Å². The van der Waals surface area contributed by atoms with Crippen molar-refractivity contribution in [3.8, 4) is 0 Å². The Morgan fingerprint density at radius 2 is 1.38 bits per heavy atom. The number of nitrogens with one attached hydrogen (secondary N) is 3. The van der Waals surface area contributed by atoms with Gasteiger partial charge in [-0.1, -0.05) is 0 Å². The van der Waals surface area contributed by atoms with Crippen LogP contribution >= 0.6 is 0 Å². The Labute approximate surface area is 138 Å². The molecule has 0 heterocycles. The number of hydrogen-bond acceptors (Lipinski definition) is 6. The lowest BCUT2D eigenvalue weighted by atomic mass is 10.1. The first-order valence-electron chi connectivity index (χ1n) is 7.13. The van der Waals surface area contributed by atoms with Crippen LogP contribution in [-0.4, -0.2) is 58.9 Å². The van der Waals surface area contributed by atoms with Crippen LogP contribution in [0.3, 0.4) is 0 Å². The van der Waals surface area contributed by atoms with E-state index in [0.29, 0.717) is 0 Å². The van der Waals surface area contributed by atoms with Gasteiger partial charge in [0, 0.05) is 0 Å². The number of carbonyl (C=O) groups is 5. The van der Waals surface area contributed by atoms with Crippen molar-refractivity contribution in [2.75, 3.05) is 0 Å². The Bertz CT molecular complexity index is 521. The monoisotopic (exact) mass is 345 g/mol. The molecule has 0 aromatic carbocycles. The molecule has 0 saturated heterocycles. The Kier molecular flexibility index (Phi) is 8.39. The molecule has 0 bridgehead atoms. The third kappa shape index (κ3) is 7.54. The number of nitrogens with two attached hydrogens (primary N) is 2. The Morgan fingerprint density at radius 3 is 1.79 bits per heavy atom. The van der Waals surface area contributed by atoms with E-state index in [1.165, 1.54) is 20.8 Å². The molecule has 0 aliphatic heterocycles. The smallest absolute Gasteiger partial charge is 0.325 e. The van der Waals surface area contributed by atoms with E-state index in [0.717, 1.165) is 0 Å². The second-order valence-electron chi connectivity index (χ2n) is 5.32. The van der Waals surface area contributed by atoms with Crippen LogP contribution in [0.4, 0.5) is 0 Å². The first kappa shape index (κ1) is 21.3. The SMILES string of the molecule is CC(N)C(=O)NC(CC(N)=O)C(=O)NC(C)C(=O)NC(C)C(=O)O. The molecule has 0 aromatic rings. The van der Waals surface area contributed by atoms with Crippen molar-refractivity contribution in [3.63, 3.8) is 0 Å². The van der Waals surface area contributed by atoms with E-state index in [1.54, 1.807) is 0 Å². The maximum absolute atomic E-state index is 12.1. The molecule has 11 nitrogen and oxygen atoms in total. The average Bonchev–Trinajstić information content (AvgIpc) is 2.45. The molecule has 0 aliphatic rings. The fourth-order valence-electron chi connectivity index (χ4n) is 1.49. The second kappa shape index (κ2) is 9.45. The summed E-state index contributed by atoms with van der Waals surface area (Å²) in [4.78, 5) is 57.1. The zero-order valence-corrected chi connectivity index (χ0v) is 13.7. The van der Waals surface area contributed by atoms with Crippen molar-refractivity contribution < 1.29 is 29.1 Å². The van der Waals surface area contributed by atoms with Gasteiger partial charge in [-0.15, -0.1) is 0 Å². The Hall–Kier alpha value is -2.69. The molecule has 4 unspecified atom stereocenters. The quantitative estimate of drug-likeness (QED) is 0.253. The first-order valence-corrected chi connectivity index (χ1v) is 7.13. The fourth-order valence-corrected chi connectivity index (χ4v) is 1.49. The fraction of sp³-hybridized carbons (Fsp3) is 0.615. The zero-order valence-electron chi connectivity index (χ0n) is 13.7. The number of carbonyl (C=O) groups excluding carboxylic acids is 4. The lowest BCUT2D eigenvalue weighted by molar-refractivity contribution is -0.141. The summed E-state index contributed by atoms with van der Waals surface area (Å²) in [5, 5.41) is 15.4. The van der Waals surface area contributed by atoms with Gasteiger partial charge in [0.2, 0.25) is 23.6 Å². The average molecular weight is 345 g/mol. The summed E-state index contributed by atoms with van der Waals surface area (Å²) in [5.41, 5.74) is 10.4. The van der Waals surface area contributed by atoms with Crippen LogP contribution in [0.1, 0.15) is 27.2 Å². The molecule has 0 spiro atoms. The summed E-state index contributed by atoms with van der Waals surface area (Å²) >= 11 is 0. The number of primary amides is 1. The third-order valence-corrected chi connectivity index (χ3v) is 2.93. The van der Waals surface area contributed by atoms with Gasteiger partial charge in [-0.3, -0.25) is 24.0 Å². The molecule has 136 valence electrons. The predicted molar refractivity (Wildman–Crippen MR) is 82.2 cm³/mol. The van der Waals surface area contributed by atoms with Crippen molar-refractivity contribution in [3.05, 3.63) is 0 Å². The van der Waals surface area contributed by atoms with E-state index < -0.39 is 60.2 Å². The zero-order chi connectivity index (χ0) is 19.0. The van der Waals surface area contributed by atoms with Gasteiger partial charge in [-0.2, -0.15) is 0 Å². The van der Waals surface area contributed by atoms with Crippen LogP contribution in [0.15, 0.2) is 0 Å². The molecule has 0 aromatic heterocycles. The van der Waals surface area contributed by atoms with Crippen molar-refractivity contribution in [1.29, 1.82) is 0 Å². The molecule has 11 heteroatoms. The summed E-state index contributed by atoms with van der Waals surface area (Å²) < 4.78 is 0. The Morgan fingerprint density at radius 1 is 0.875 bits per heavy atom. The molecule has 0 radical (unpaired) electrons. The van der Waals surface area contributed by atoms with Crippen molar-refractivity contribution in [2.45, 2.75) is 51.4 Å². The number of rotatable bonds is 9. The van der Waals surface area contributed by atoms with E-state index >= 15 is 0 Å². The summed E-state index contributed by atoms with van der Waals surface area (Å²) in [7, 11) is 0. The third-order valence-electron chi connectivity index (χ3n) is 2.93. The van der Waals surface area contributed by atoms with Crippen LogP contribution in [-0.2, 0) is 24.0 Å². The van der Waals surface area contributed by atoms with Gasteiger partial charge in [-0.25, -0.2) is 0 Å². The molecule has 4 amide bonds. The van der Waals surface area contributed by atoms with Crippen LogP contribution in [0.2, 0.25) is 0 Å². The van der Waals surface area contributed by atoms with Crippen LogP contribution in [0.5, 0.6) is 0 Å². The number of carboxylic acid groups (broad SMARTS) is 1. The summed E-state index contributed by atoms with van der Waals surface area (Å²) in [6.07, 6.45) is -0.482. The lowest BCUT2D eigenvalue weighted by Crippen LogP contribution is -2.56. The molecule has 24 heavy (non-hydrogen) atoms. The van der Waals surface area contributed by atoms with E-state index in [-0.39, 0.29) is 0 Å². The van der Waals surface area contributed by atoms with Gasteiger partial charge in [0.1, 0.15) is 18.1 Å². The van der Waals surface area contributed by atoms with Gasteiger partial charge in [0.15, 0.2) is 0 Å². The minimum Gasteiger partial charge on any atom is -0.480 e. The molecular weight excluding hydrogens is 322 g/mol. The maximum atomic E-state index is 12.1. The number of hydrogen-bond donors (Lipinski definition) is 6. The molecule has 0 aliphatic carbocycles. The van der Waals surface area contributed by atoms with Crippen LogP contribution in [0.25, 0.3) is 0 Å². The summed E-state index contributed by atoms with van der Waals surface area (Å²) in [6, 6.07) is -4.45. The highest BCUT2D eigenvalue weighted by atomic mass is 16.4. The van der Waals surface area contributed by atoms with E-state index in [2.05, 4.69) is 16.0 Å². The minimum absolute atomic E-state index is 0.482. The highest BCUT2D eigenvalue weighted by Crippen LogP contribution is 1.96. The van der Waals surface area contributed by atoms with Crippen molar-refractivity contribution >= 4 is 29.6 Å². The standard InChI is InChI=1S/C13H23N5O6/c1-5(14)10(20)18-8(4-9(15)19)12(22)16-6(2)11(21)17-7(3)13(23)24/h5-8H,4,14H2,1-3H3,(H2,15,19)(H,16,22)(H,17,21)(H,18,20)(H,23,24). The van der Waals surface area contributed by atoms with Crippen LogP contribution < -0.4 is 27.4 Å². The predicted octanol–water partition coefficient (Wildman–Crippen LogP) is -3.21. The highest BCUT2D eigenvalue weighted by Gasteiger charge is 2.27. The van der Waals surface area contributed by atoms with E-state index in [4.69, 9.17) is 16.6 Å². The van der Waals surface area contributed by atoms with Gasteiger partial charge >= 0.3 is 5.97 Å². The largest absolute Gasteiger partial charge is 0.480 e. The molecule has 0 rings (SSSR count). The normalized spacial score (nSPS) is 15.3. The minimum atomic E-state index is -1.30. The molecule has 0 saturated carbocycles. The van der Waals surface area contributed by atoms with Gasteiger partial charge < -0.3 is 32.5 Å².